The molecule has 10 rings (SSSR count). The Morgan fingerprint density at radius 3 is 1.43 bits per heavy atom. The number of hydrogen-bond donors (Lipinski definition) is 0. The van der Waals surface area contributed by atoms with E-state index in [2.05, 4.69) is 226 Å². The Morgan fingerprint density at radius 2 is 0.792 bits per heavy atom. The van der Waals surface area contributed by atoms with Crippen molar-refractivity contribution in [3.63, 3.8) is 0 Å². The van der Waals surface area contributed by atoms with Crippen LogP contribution in [0.25, 0.3) is 66.5 Å². The summed E-state index contributed by atoms with van der Waals surface area (Å²) in [6.07, 6.45) is 0. The second-order valence-electron chi connectivity index (χ2n) is 13.4. The van der Waals surface area contributed by atoms with Gasteiger partial charge in [0.15, 0.2) is 0 Å². The lowest BCUT2D eigenvalue weighted by Crippen LogP contribution is -2.09. The van der Waals surface area contributed by atoms with E-state index in [9.17, 15) is 0 Å². The fourth-order valence-corrected chi connectivity index (χ4v) is 7.94. The van der Waals surface area contributed by atoms with Crippen LogP contribution in [-0.2, 0) is 0 Å². The van der Waals surface area contributed by atoms with Gasteiger partial charge in [-0.1, -0.05) is 146 Å². The summed E-state index contributed by atoms with van der Waals surface area (Å²) in [6.45, 7) is 0. The van der Waals surface area contributed by atoms with Crippen LogP contribution in [-0.4, -0.2) is 9.13 Å². The Kier molecular flexibility index (Phi) is 7.47. The van der Waals surface area contributed by atoms with Crippen molar-refractivity contribution in [2.75, 3.05) is 4.90 Å². The molecule has 0 atom stereocenters. The van der Waals surface area contributed by atoms with Crippen molar-refractivity contribution < 1.29 is 0 Å². The van der Waals surface area contributed by atoms with Crippen molar-refractivity contribution in [2.24, 2.45) is 0 Å². The number of rotatable bonds is 7. The molecule has 0 unspecified atom stereocenters. The zero-order valence-corrected chi connectivity index (χ0v) is 29.0. The second kappa shape index (κ2) is 12.9. The van der Waals surface area contributed by atoms with Gasteiger partial charge < -0.3 is 4.90 Å². The van der Waals surface area contributed by atoms with Gasteiger partial charge in [-0.3, -0.25) is 9.13 Å². The monoisotopic (exact) mass is 677 g/mol. The van der Waals surface area contributed by atoms with Gasteiger partial charge in [-0.05, 0) is 83.4 Å². The number of aromatic nitrogens is 2. The van der Waals surface area contributed by atoms with Gasteiger partial charge in [0.05, 0.1) is 11.0 Å². The lowest BCUT2D eigenvalue weighted by Gasteiger charge is -2.26. The molecule has 0 spiro atoms. The Balaban J connectivity index is 1.16. The van der Waals surface area contributed by atoms with E-state index in [1.165, 1.54) is 49.4 Å². The molecule has 2 heterocycles. The van der Waals surface area contributed by atoms with E-state index in [-0.39, 0.29) is 0 Å². The highest BCUT2D eigenvalue weighted by Gasteiger charge is 2.24. The van der Waals surface area contributed by atoms with Crippen LogP contribution >= 0.6 is 0 Å². The Bertz CT molecular complexity index is 2840. The first-order chi connectivity index (χ1) is 26.3. The van der Waals surface area contributed by atoms with Crippen molar-refractivity contribution in [3.8, 4) is 33.6 Å². The molecule has 0 amide bonds. The van der Waals surface area contributed by atoms with E-state index < -0.39 is 0 Å². The maximum absolute atomic E-state index is 2.46. The number of anilines is 3. The van der Waals surface area contributed by atoms with Crippen molar-refractivity contribution >= 4 is 49.9 Å². The molecule has 0 bridgehead atoms. The average molecular weight is 678 g/mol. The summed E-state index contributed by atoms with van der Waals surface area (Å²) in [5.74, 6) is 0. The average Bonchev–Trinajstić information content (AvgIpc) is 3.76. The van der Waals surface area contributed by atoms with Gasteiger partial charge in [0, 0.05) is 50.2 Å². The zero-order chi connectivity index (χ0) is 35.1. The number of hydrogen-bond acceptors (Lipinski definition) is 1. The van der Waals surface area contributed by atoms with Gasteiger partial charge in [0.25, 0.3) is 0 Å². The SMILES string of the molecule is c1ccc(-c2ccc(N(c3ccccc3)c3ccc(-c4cccc5c6c7ccccc7n(-c7ccccc7)c6n(-c6ccccc6)c45)cc3)cc2)cc1. The molecule has 8 aromatic carbocycles. The largest absolute Gasteiger partial charge is 0.311 e. The van der Waals surface area contributed by atoms with Crippen LogP contribution in [0, 0.1) is 0 Å². The fourth-order valence-electron chi connectivity index (χ4n) is 7.94. The summed E-state index contributed by atoms with van der Waals surface area (Å²) in [5.41, 5.74) is 13.9. The van der Waals surface area contributed by atoms with E-state index in [4.69, 9.17) is 0 Å². The summed E-state index contributed by atoms with van der Waals surface area (Å²) in [7, 11) is 0. The van der Waals surface area contributed by atoms with Crippen molar-refractivity contribution in [1.29, 1.82) is 0 Å². The molecular weight excluding hydrogens is 643 g/mol. The normalized spacial score (nSPS) is 11.4. The van der Waals surface area contributed by atoms with Crippen molar-refractivity contribution in [3.05, 3.63) is 212 Å². The lowest BCUT2D eigenvalue weighted by atomic mass is 10.0. The van der Waals surface area contributed by atoms with Crippen LogP contribution in [0.15, 0.2) is 212 Å². The van der Waals surface area contributed by atoms with Crippen LogP contribution in [0.1, 0.15) is 0 Å². The smallest absolute Gasteiger partial charge is 0.131 e. The molecule has 3 heteroatoms. The Hall–Kier alpha value is -7.10. The minimum Gasteiger partial charge on any atom is -0.311 e. The van der Waals surface area contributed by atoms with Gasteiger partial charge in [-0.2, -0.15) is 0 Å². The predicted molar refractivity (Wildman–Crippen MR) is 223 cm³/mol. The molecule has 0 saturated heterocycles. The summed E-state index contributed by atoms with van der Waals surface area (Å²) in [6, 6.07) is 76.1. The first-order valence-electron chi connectivity index (χ1n) is 18.1. The Morgan fingerprint density at radius 1 is 0.321 bits per heavy atom. The van der Waals surface area contributed by atoms with E-state index in [0.717, 1.165) is 34.1 Å². The molecule has 3 nitrogen and oxygen atoms in total. The van der Waals surface area contributed by atoms with Gasteiger partial charge >= 0.3 is 0 Å². The third-order valence-corrected chi connectivity index (χ3v) is 10.3. The quantitative estimate of drug-likeness (QED) is 0.164. The summed E-state index contributed by atoms with van der Waals surface area (Å²) in [5, 5.41) is 3.74. The molecule has 2 aromatic heterocycles. The van der Waals surface area contributed by atoms with Gasteiger partial charge in [-0.15, -0.1) is 0 Å². The Labute approximate surface area is 308 Å². The highest BCUT2D eigenvalue weighted by molar-refractivity contribution is 6.24. The molecule has 0 fully saturated rings. The molecule has 0 radical (unpaired) electrons. The van der Waals surface area contributed by atoms with E-state index in [0.29, 0.717) is 0 Å². The van der Waals surface area contributed by atoms with Crippen LogP contribution in [0.4, 0.5) is 17.1 Å². The first kappa shape index (κ1) is 30.7. The highest BCUT2D eigenvalue weighted by atomic mass is 15.1. The topological polar surface area (TPSA) is 13.1 Å². The second-order valence-corrected chi connectivity index (χ2v) is 13.4. The summed E-state index contributed by atoms with van der Waals surface area (Å²) >= 11 is 0. The molecule has 0 aliphatic carbocycles. The van der Waals surface area contributed by atoms with Crippen molar-refractivity contribution in [2.45, 2.75) is 0 Å². The van der Waals surface area contributed by atoms with Crippen LogP contribution in [0.5, 0.6) is 0 Å². The minimum absolute atomic E-state index is 1.10. The molecule has 0 N–H and O–H groups in total. The van der Waals surface area contributed by atoms with Crippen LogP contribution in [0.2, 0.25) is 0 Å². The van der Waals surface area contributed by atoms with Crippen LogP contribution < -0.4 is 4.90 Å². The third kappa shape index (κ3) is 5.21. The van der Waals surface area contributed by atoms with Gasteiger partial charge in [0.2, 0.25) is 0 Å². The van der Waals surface area contributed by atoms with Crippen molar-refractivity contribution in [1.82, 2.24) is 9.13 Å². The fraction of sp³-hybridized carbons (Fsp3) is 0. The maximum atomic E-state index is 2.46. The van der Waals surface area contributed by atoms with Gasteiger partial charge in [-0.25, -0.2) is 0 Å². The minimum atomic E-state index is 1.10. The molecule has 0 aliphatic rings. The van der Waals surface area contributed by atoms with E-state index in [1.54, 1.807) is 0 Å². The highest BCUT2D eigenvalue weighted by Crippen LogP contribution is 2.44. The molecule has 10 aromatic rings. The standard InChI is InChI=1S/C50H35N3/c1-5-16-36(17-6-1)37-28-32-42(33-29-37)51(39-18-7-2-8-19-39)43-34-30-38(31-35-43)44-25-15-26-46-48-45-24-13-14-27-47(45)52(40-20-9-3-10-21-40)50(48)53(49(44)46)41-22-11-4-12-23-41/h1-35H. The number of benzene rings is 8. The predicted octanol–water partition coefficient (Wildman–Crippen LogP) is 13.5. The molecule has 0 saturated carbocycles. The summed E-state index contributed by atoms with van der Waals surface area (Å²) in [4.78, 5) is 2.33. The molecule has 53 heavy (non-hydrogen) atoms. The lowest BCUT2D eigenvalue weighted by molar-refractivity contribution is 1.07. The van der Waals surface area contributed by atoms with E-state index in [1.807, 2.05) is 0 Å². The zero-order valence-electron chi connectivity index (χ0n) is 29.0. The number of nitrogens with zero attached hydrogens (tertiary/aromatic N) is 3. The number of fused-ring (bicyclic) bond motifs is 5. The maximum Gasteiger partial charge on any atom is 0.131 e. The van der Waals surface area contributed by atoms with Gasteiger partial charge in [0.1, 0.15) is 5.65 Å². The molecule has 0 aliphatic heterocycles. The first-order valence-corrected chi connectivity index (χ1v) is 18.1. The van der Waals surface area contributed by atoms with Crippen LogP contribution in [0.3, 0.4) is 0 Å². The summed E-state index contributed by atoms with van der Waals surface area (Å²) < 4.78 is 4.89. The third-order valence-electron chi connectivity index (χ3n) is 10.3. The van der Waals surface area contributed by atoms with E-state index >= 15 is 0 Å². The number of para-hydroxylation sites is 5. The molecule has 250 valence electrons. The molecular formula is C50H35N3.